The van der Waals surface area contributed by atoms with Crippen molar-refractivity contribution in [3.63, 3.8) is 0 Å². The Labute approximate surface area is 222 Å². The van der Waals surface area contributed by atoms with Gasteiger partial charge in [0.05, 0.1) is 54.7 Å². The Kier molecular flexibility index (Phi) is 7.84. The molecule has 1 aromatic carbocycles. The molecule has 2 amide bonds. The molecular weight excluding hydrogens is 509 g/mol. The van der Waals surface area contributed by atoms with Gasteiger partial charge in [-0.05, 0) is 43.7 Å². The van der Waals surface area contributed by atoms with Gasteiger partial charge < -0.3 is 31.5 Å². The molecule has 0 aliphatic rings. The first-order valence-electron chi connectivity index (χ1n) is 11.7. The van der Waals surface area contributed by atoms with E-state index in [2.05, 4.69) is 36.1 Å². The van der Waals surface area contributed by atoms with Crippen molar-refractivity contribution in [1.29, 1.82) is 0 Å². The number of carboxylic acid groups (broad SMARTS) is 1. The molecule has 13 nitrogen and oxygen atoms in total. The topological polar surface area (TPSA) is 182 Å². The Hall–Kier alpha value is -5.27. The van der Waals surface area contributed by atoms with E-state index in [9.17, 15) is 14.7 Å². The van der Waals surface area contributed by atoms with Crippen LogP contribution in [-0.2, 0) is 0 Å². The first kappa shape index (κ1) is 26.8. The highest BCUT2D eigenvalue weighted by molar-refractivity contribution is 5.98. The number of nitrogens with zero attached hydrogens (tertiary/aromatic N) is 5. The molecule has 202 valence electrons. The summed E-state index contributed by atoms with van der Waals surface area (Å²) in [7, 11) is 1.52. The van der Waals surface area contributed by atoms with Gasteiger partial charge in [0.15, 0.2) is 11.6 Å². The van der Waals surface area contributed by atoms with Crippen LogP contribution in [0.15, 0.2) is 55.0 Å². The molecule has 39 heavy (non-hydrogen) atoms. The predicted octanol–water partition coefficient (Wildman–Crippen LogP) is 3.17. The van der Waals surface area contributed by atoms with Gasteiger partial charge in [0.1, 0.15) is 17.3 Å². The van der Waals surface area contributed by atoms with Crippen LogP contribution in [-0.4, -0.2) is 55.2 Å². The average Bonchev–Trinajstić information content (AvgIpc) is 3.44. The monoisotopic (exact) mass is 535 g/mol. The van der Waals surface area contributed by atoms with Gasteiger partial charge in [0, 0.05) is 0 Å². The molecule has 0 aliphatic heterocycles. The van der Waals surface area contributed by atoms with Gasteiger partial charge in [0.25, 0.3) is 5.91 Å². The van der Waals surface area contributed by atoms with Crippen molar-refractivity contribution in [2.75, 3.05) is 17.7 Å². The van der Waals surface area contributed by atoms with Gasteiger partial charge in [-0.2, -0.15) is 10.2 Å². The van der Waals surface area contributed by atoms with E-state index in [0.717, 1.165) is 6.07 Å². The summed E-state index contributed by atoms with van der Waals surface area (Å²) in [6.45, 7) is 3.40. The van der Waals surface area contributed by atoms with Crippen LogP contribution in [0.2, 0.25) is 0 Å². The molecule has 0 fully saturated rings. The molecule has 0 radical (unpaired) electrons. The second-order valence-corrected chi connectivity index (χ2v) is 8.48. The first-order valence-corrected chi connectivity index (χ1v) is 11.7. The molecule has 0 saturated heterocycles. The summed E-state index contributed by atoms with van der Waals surface area (Å²) in [6.07, 6.45) is 3.29. The predicted molar refractivity (Wildman–Crippen MR) is 140 cm³/mol. The molecule has 0 saturated carbocycles. The SMILES string of the molecule is COc1ccc([C@H](Nc2nc(Nc3cnc(C)c(-n4nccn4)c3)c(C(N)=O)cc2F)[C@H](C)NC(=O)O)cc1. The van der Waals surface area contributed by atoms with Crippen molar-refractivity contribution in [2.24, 2.45) is 5.73 Å². The number of pyridine rings is 2. The van der Waals surface area contributed by atoms with Crippen molar-refractivity contribution in [1.82, 2.24) is 30.3 Å². The quantitative estimate of drug-likeness (QED) is 0.202. The minimum absolute atomic E-state index is 0.0382. The molecular formula is C25H26FN9O4. The van der Waals surface area contributed by atoms with Crippen LogP contribution < -0.4 is 26.4 Å². The fraction of sp³-hybridized carbons (Fsp3) is 0.200. The second kappa shape index (κ2) is 11.4. The zero-order chi connectivity index (χ0) is 28.1. The third kappa shape index (κ3) is 6.18. The second-order valence-electron chi connectivity index (χ2n) is 8.48. The fourth-order valence-corrected chi connectivity index (χ4v) is 3.88. The number of methoxy groups -OCH3 is 1. The van der Waals surface area contributed by atoms with E-state index in [-0.39, 0.29) is 17.2 Å². The van der Waals surface area contributed by atoms with Gasteiger partial charge >= 0.3 is 6.09 Å². The summed E-state index contributed by atoms with van der Waals surface area (Å²) in [5.41, 5.74) is 7.56. The number of halogens is 1. The molecule has 0 aliphatic carbocycles. The van der Waals surface area contributed by atoms with Crippen LogP contribution >= 0.6 is 0 Å². The number of rotatable bonds is 10. The van der Waals surface area contributed by atoms with E-state index < -0.39 is 29.9 Å². The van der Waals surface area contributed by atoms with E-state index in [1.54, 1.807) is 44.2 Å². The maximum absolute atomic E-state index is 15.2. The third-order valence-electron chi connectivity index (χ3n) is 5.82. The van der Waals surface area contributed by atoms with Gasteiger partial charge in [0.2, 0.25) is 0 Å². The van der Waals surface area contributed by atoms with Gasteiger partial charge in [-0.1, -0.05) is 12.1 Å². The van der Waals surface area contributed by atoms with E-state index in [1.807, 2.05) is 0 Å². The standard InChI is InChI=1S/C25H26FN9O4/c1-13-20(35-29-8-9-30-35)10-16(12-28-13)32-23-18(22(27)36)11-19(26)24(34-23)33-21(14(2)31-25(37)38)15-4-6-17(39-3)7-5-15/h4-12,14,21,31H,1-3H3,(H2,27,36)(H,37,38)(H2,32,33,34)/t14-,21+/m0/s1. The van der Waals surface area contributed by atoms with Crippen molar-refractivity contribution in [2.45, 2.75) is 25.9 Å². The maximum atomic E-state index is 15.2. The smallest absolute Gasteiger partial charge is 0.404 e. The van der Waals surface area contributed by atoms with Crippen LogP contribution in [0.4, 0.5) is 26.5 Å². The normalized spacial score (nSPS) is 12.3. The van der Waals surface area contributed by atoms with Gasteiger partial charge in [-0.15, -0.1) is 4.80 Å². The van der Waals surface area contributed by atoms with Crippen molar-refractivity contribution in [3.8, 4) is 11.4 Å². The number of primary amides is 1. The number of anilines is 3. The number of hydrogen-bond acceptors (Lipinski definition) is 9. The highest BCUT2D eigenvalue weighted by Gasteiger charge is 2.25. The minimum atomic E-state index is -1.25. The van der Waals surface area contributed by atoms with Crippen LogP contribution in [0.25, 0.3) is 5.69 Å². The summed E-state index contributed by atoms with van der Waals surface area (Å²) in [6, 6.07) is 8.00. The van der Waals surface area contributed by atoms with Crippen molar-refractivity contribution in [3.05, 3.63) is 77.6 Å². The lowest BCUT2D eigenvalue weighted by molar-refractivity contribution is 0.1000. The zero-order valence-corrected chi connectivity index (χ0v) is 21.2. The summed E-state index contributed by atoms with van der Waals surface area (Å²) in [5.74, 6) is -1.45. The molecule has 2 atom stereocenters. The van der Waals surface area contributed by atoms with Crippen LogP contribution in [0.3, 0.4) is 0 Å². The number of aryl methyl sites for hydroxylation is 1. The third-order valence-corrected chi connectivity index (χ3v) is 5.82. The van der Waals surface area contributed by atoms with Crippen molar-refractivity contribution >= 4 is 29.3 Å². The summed E-state index contributed by atoms with van der Waals surface area (Å²) >= 11 is 0. The Morgan fingerprint density at radius 1 is 1.13 bits per heavy atom. The Morgan fingerprint density at radius 2 is 1.82 bits per heavy atom. The minimum Gasteiger partial charge on any atom is -0.497 e. The van der Waals surface area contributed by atoms with E-state index >= 15 is 4.39 Å². The largest absolute Gasteiger partial charge is 0.497 e. The first-order chi connectivity index (χ1) is 18.7. The number of benzene rings is 1. The number of ether oxygens (including phenoxy) is 1. The zero-order valence-electron chi connectivity index (χ0n) is 21.2. The molecule has 3 heterocycles. The number of hydrogen-bond donors (Lipinski definition) is 5. The molecule has 0 bridgehead atoms. The average molecular weight is 536 g/mol. The highest BCUT2D eigenvalue weighted by Crippen LogP contribution is 2.29. The molecule has 4 aromatic rings. The van der Waals surface area contributed by atoms with Crippen LogP contribution in [0.1, 0.15) is 34.6 Å². The lowest BCUT2D eigenvalue weighted by atomic mass is 10.00. The number of nitrogens with two attached hydrogens (primary N) is 1. The van der Waals surface area contributed by atoms with Gasteiger partial charge in [-0.25, -0.2) is 14.2 Å². The fourth-order valence-electron chi connectivity index (χ4n) is 3.88. The van der Waals surface area contributed by atoms with E-state index in [4.69, 9.17) is 10.5 Å². The number of aromatic nitrogens is 5. The van der Waals surface area contributed by atoms with Crippen LogP contribution in [0.5, 0.6) is 5.75 Å². The number of carbonyl (C=O) groups excluding carboxylic acids is 1. The molecule has 3 aromatic heterocycles. The molecule has 4 rings (SSSR count). The Bertz CT molecular complexity index is 1480. The van der Waals surface area contributed by atoms with Crippen molar-refractivity contribution < 1.29 is 23.8 Å². The maximum Gasteiger partial charge on any atom is 0.404 e. The summed E-state index contributed by atoms with van der Waals surface area (Å²) in [4.78, 5) is 33.5. The number of amides is 2. The van der Waals surface area contributed by atoms with Gasteiger partial charge in [-0.3, -0.25) is 9.78 Å². The molecule has 0 unspecified atom stereocenters. The van der Waals surface area contributed by atoms with E-state index in [1.165, 1.54) is 30.5 Å². The van der Waals surface area contributed by atoms with Crippen LogP contribution in [0, 0.1) is 12.7 Å². The Balaban J connectivity index is 1.72. The van der Waals surface area contributed by atoms with E-state index in [0.29, 0.717) is 28.4 Å². The summed E-state index contributed by atoms with van der Waals surface area (Å²) in [5, 5.41) is 25.8. The molecule has 6 N–H and O–H groups in total. The highest BCUT2D eigenvalue weighted by atomic mass is 19.1. The number of carbonyl (C=O) groups is 2. The Morgan fingerprint density at radius 3 is 2.44 bits per heavy atom. The number of nitrogens with one attached hydrogen (secondary N) is 3. The lowest BCUT2D eigenvalue weighted by Crippen LogP contribution is -2.39. The lowest BCUT2D eigenvalue weighted by Gasteiger charge is -2.27. The molecule has 0 spiro atoms. The molecule has 14 heteroatoms. The summed E-state index contributed by atoms with van der Waals surface area (Å²) < 4.78 is 20.4.